The van der Waals surface area contributed by atoms with Gasteiger partial charge in [-0.05, 0) is 50.2 Å². The number of nitrogens with one attached hydrogen (secondary N) is 1. The van der Waals surface area contributed by atoms with Crippen molar-refractivity contribution in [2.24, 2.45) is 0 Å². The van der Waals surface area contributed by atoms with Gasteiger partial charge < -0.3 is 14.8 Å². The van der Waals surface area contributed by atoms with E-state index in [0.29, 0.717) is 19.8 Å². The zero-order valence-electron chi connectivity index (χ0n) is 12.4. The molecular weight excluding hydrogens is 286 g/mol. The zero-order chi connectivity index (χ0) is 14.5. The van der Waals surface area contributed by atoms with Gasteiger partial charge in [0.2, 0.25) is 0 Å². The summed E-state index contributed by atoms with van der Waals surface area (Å²) in [6.07, 6.45) is 6.91. The molecule has 1 aromatic rings. The normalized spacial score (nSPS) is 20.7. The van der Waals surface area contributed by atoms with Gasteiger partial charge in [0.1, 0.15) is 0 Å². The van der Waals surface area contributed by atoms with Crippen LogP contribution in [-0.4, -0.2) is 38.4 Å². The second kappa shape index (κ2) is 7.38. The minimum Gasteiger partial charge on any atom is -0.379 e. The van der Waals surface area contributed by atoms with Crippen LogP contribution in [0.1, 0.15) is 45.8 Å². The van der Waals surface area contributed by atoms with E-state index >= 15 is 0 Å². The number of hydrogen-bond acceptors (Lipinski definition) is 4. The van der Waals surface area contributed by atoms with Crippen LogP contribution in [-0.2, 0) is 22.3 Å². The molecule has 2 aliphatic rings. The van der Waals surface area contributed by atoms with Crippen LogP contribution in [0.4, 0.5) is 0 Å². The highest BCUT2D eigenvalue weighted by atomic mass is 32.1. The first kappa shape index (κ1) is 15.0. The van der Waals surface area contributed by atoms with Gasteiger partial charge in [-0.15, -0.1) is 11.3 Å². The number of amides is 1. The number of rotatable bonds is 7. The molecule has 1 saturated heterocycles. The maximum atomic E-state index is 12.0. The summed E-state index contributed by atoms with van der Waals surface area (Å²) < 4.78 is 11.1. The average molecular weight is 309 g/mol. The average Bonchev–Trinajstić information content (AvgIpc) is 3.17. The minimum absolute atomic E-state index is 0.0635. The Bertz CT molecular complexity index is 458. The number of carbonyl (C=O) groups excluding carboxylic acids is 1. The van der Waals surface area contributed by atoms with Crippen molar-refractivity contribution in [3.63, 3.8) is 0 Å². The summed E-state index contributed by atoms with van der Waals surface area (Å²) in [4.78, 5) is 14.3. The minimum atomic E-state index is 0.0635. The molecule has 0 aromatic carbocycles. The second-order valence-corrected chi connectivity index (χ2v) is 6.87. The number of fused-ring (bicyclic) bond motifs is 1. The zero-order valence-corrected chi connectivity index (χ0v) is 13.2. The van der Waals surface area contributed by atoms with Crippen molar-refractivity contribution in [3.8, 4) is 0 Å². The van der Waals surface area contributed by atoms with Crippen LogP contribution in [0, 0.1) is 0 Å². The molecule has 4 nitrogen and oxygen atoms in total. The van der Waals surface area contributed by atoms with E-state index in [1.807, 2.05) is 0 Å². The fourth-order valence-electron chi connectivity index (χ4n) is 2.89. The van der Waals surface area contributed by atoms with Gasteiger partial charge in [-0.1, -0.05) is 0 Å². The maximum absolute atomic E-state index is 12.0. The lowest BCUT2D eigenvalue weighted by Gasteiger charge is -2.10. The molecule has 1 fully saturated rings. The van der Waals surface area contributed by atoms with Crippen LogP contribution < -0.4 is 5.32 Å². The molecule has 3 rings (SSSR count). The number of aryl methyl sites for hydroxylation is 2. The lowest BCUT2D eigenvalue weighted by Crippen LogP contribution is -2.25. The molecule has 0 bridgehead atoms. The van der Waals surface area contributed by atoms with Crippen molar-refractivity contribution in [1.29, 1.82) is 0 Å². The third-order valence-corrected chi connectivity index (χ3v) is 5.28. The van der Waals surface area contributed by atoms with Crippen LogP contribution >= 0.6 is 11.3 Å². The molecule has 1 aliphatic heterocycles. The fourth-order valence-corrected chi connectivity index (χ4v) is 4.06. The topological polar surface area (TPSA) is 47.6 Å². The Hall–Kier alpha value is -0.910. The van der Waals surface area contributed by atoms with E-state index in [2.05, 4.69) is 11.4 Å². The predicted octanol–water partition coefficient (Wildman–Crippen LogP) is 2.55. The molecule has 0 unspecified atom stereocenters. The predicted molar refractivity (Wildman–Crippen MR) is 83.1 cm³/mol. The lowest BCUT2D eigenvalue weighted by molar-refractivity contribution is 0.0166. The Labute approximate surface area is 129 Å². The van der Waals surface area contributed by atoms with E-state index in [0.717, 1.165) is 43.6 Å². The van der Waals surface area contributed by atoms with Gasteiger partial charge in [-0.3, -0.25) is 4.79 Å². The molecular formula is C16H23NO3S. The SMILES string of the molecule is O=C(NCCCOC[C@@H]1CCCO1)c1cc2c(s1)CCC2. The van der Waals surface area contributed by atoms with Gasteiger partial charge in [0.15, 0.2) is 0 Å². The summed E-state index contributed by atoms with van der Waals surface area (Å²) in [6, 6.07) is 2.07. The molecule has 2 heterocycles. The molecule has 1 N–H and O–H groups in total. The van der Waals surface area contributed by atoms with Gasteiger partial charge in [0, 0.05) is 24.6 Å². The quantitative estimate of drug-likeness (QED) is 0.788. The highest BCUT2D eigenvalue weighted by molar-refractivity contribution is 7.14. The number of hydrogen-bond donors (Lipinski definition) is 1. The van der Waals surface area contributed by atoms with Crippen LogP contribution in [0.5, 0.6) is 0 Å². The summed E-state index contributed by atoms with van der Waals surface area (Å²) in [5.41, 5.74) is 1.38. The molecule has 0 saturated carbocycles. The van der Waals surface area contributed by atoms with Gasteiger partial charge in [-0.25, -0.2) is 0 Å². The molecule has 1 amide bonds. The van der Waals surface area contributed by atoms with Gasteiger partial charge in [0.05, 0.1) is 17.6 Å². The Balaban J connectivity index is 1.29. The van der Waals surface area contributed by atoms with Crippen molar-refractivity contribution in [2.45, 2.75) is 44.6 Å². The number of ether oxygens (including phenoxy) is 2. The first-order chi connectivity index (χ1) is 10.3. The Morgan fingerprint density at radius 2 is 2.38 bits per heavy atom. The molecule has 21 heavy (non-hydrogen) atoms. The summed E-state index contributed by atoms with van der Waals surface area (Å²) in [5, 5.41) is 2.98. The standard InChI is InChI=1S/C16H23NO3S/c18-16(15-10-12-4-1-6-14(12)21-15)17-7-3-8-19-11-13-5-2-9-20-13/h10,13H,1-9,11H2,(H,17,18)/t13-/m0/s1. The van der Waals surface area contributed by atoms with E-state index in [-0.39, 0.29) is 12.0 Å². The Morgan fingerprint density at radius 1 is 1.43 bits per heavy atom. The summed E-state index contributed by atoms with van der Waals surface area (Å²) >= 11 is 1.66. The van der Waals surface area contributed by atoms with Crippen LogP contribution in [0.2, 0.25) is 0 Å². The van der Waals surface area contributed by atoms with E-state index < -0.39 is 0 Å². The molecule has 5 heteroatoms. The molecule has 0 radical (unpaired) electrons. The van der Waals surface area contributed by atoms with Crippen molar-refractivity contribution < 1.29 is 14.3 Å². The van der Waals surface area contributed by atoms with Crippen molar-refractivity contribution in [1.82, 2.24) is 5.32 Å². The third-order valence-electron chi connectivity index (χ3n) is 4.05. The Kier molecular flexibility index (Phi) is 5.27. The Morgan fingerprint density at radius 3 is 3.19 bits per heavy atom. The largest absolute Gasteiger partial charge is 0.379 e. The number of carbonyl (C=O) groups is 1. The molecule has 1 aromatic heterocycles. The van der Waals surface area contributed by atoms with Crippen LogP contribution in [0.15, 0.2) is 6.07 Å². The van der Waals surface area contributed by atoms with Gasteiger partial charge in [0.25, 0.3) is 5.91 Å². The lowest BCUT2D eigenvalue weighted by atomic mass is 10.2. The molecule has 1 atom stereocenters. The smallest absolute Gasteiger partial charge is 0.261 e. The van der Waals surface area contributed by atoms with Crippen molar-refractivity contribution in [3.05, 3.63) is 21.4 Å². The highest BCUT2D eigenvalue weighted by Crippen LogP contribution is 2.30. The maximum Gasteiger partial charge on any atom is 0.261 e. The van der Waals surface area contributed by atoms with Crippen LogP contribution in [0.3, 0.4) is 0 Å². The van der Waals surface area contributed by atoms with Crippen molar-refractivity contribution in [2.75, 3.05) is 26.4 Å². The second-order valence-electron chi connectivity index (χ2n) is 5.73. The van der Waals surface area contributed by atoms with E-state index in [4.69, 9.17) is 9.47 Å². The van der Waals surface area contributed by atoms with E-state index in [9.17, 15) is 4.79 Å². The highest BCUT2D eigenvalue weighted by Gasteiger charge is 2.18. The number of thiophene rings is 1. The first-order valence-electron chi connectivity index (χ1n) is 7.92. The van der Waals surface area contributed by atoms with Crippen molar-refractivity contribution >= 4 is 17.2 Å². The molecule has 116 valence electrons. The van der Waals surface area contributed by atoms with E-state index in [1.165, 1.54) is 16.9 Å². The summed E-state index contributed by atoms with van der Waals surface area (Å²) in [7, 11) is 0. The monoisotopic (exact) mass is 309 g/mol. The third kappa shape index (κ3) is 4.05. The first-order valence-corrected chi connectivity index (χ1v) is 8.74. The van der Waals surface area contributed by atoms with E-state index in [1.54, 1.807) is 11.3 Å². The molecule has 0 spiro atoms. The summed E-state index contributed by atoms with van der Waals surface area (Å²) in [5.74, 6) is 0.0635. The van der Waals surface area contributed by atoms with Gasteiger partial charge >= 0.3 is 0 Å². The molecule has 1 aliphatic carbocycles. The summed E-state index contributed by atoms with van der Waals surface area (Å²) in [6.45, 7) is 2.91. The van der Waals surface area contributed by atoms with Gasteiger partial charge in [-0.2, -0.15) is 0 Å². The fraction of sp³-hybridized carbons (Fsp3) is 0.688. The van der Waals surface area contributed by atoms with Crippen LogP contribution in [0.25, 0.3) is 0 Å².